The van der Waals surface area contributed by atoms with Crippen molar-refractivity contribution >= 4 is 33.3 Å². The lowest BCUT2D eigenvalue weighted by Gasteiger charge is -2.15. The van der Waals surface area contributed by atoms with Crippen LogP contribution in [0.3, 0.4) is 0 Å². The zero-order valence-electron chi connectivity index (χ0n) is 12.5. The van der Waals surface area contributed by atoms with Gasteiger partial charge in [0.15, 0.2) is 0 Å². The van der Waals surface area contributed by atoms with Gasteiger partial charge in [0.05, 0.1) is 17.9 Å². The molecular weight excluding hydrogens is 348 g/mol. The van der Waals surface area contributed by atoms with Crippen LogP contribution in [0.5, 0.6) is 0 Å². The van der Waals surface area contributed by atoms with Crippen LogP contribution in [0.15, 0.2) is 21.6 Å². The van der Waals surface area contributed by atoms with Crippen LogP contribution in [0.1, 0.15) is 48.0 Å². The molecule has 1 heterocycles. The van der Waals surface area contributed by atoms with E-state index in [1.54, 1.807) is 12.1 Å². The van der Waals surface area contributed by atoms with Gasteiger partial charge in [-0.3, -0.25) is 4.99 Å². The van der Waals surface area contributed by atoms with Gasteiger partial charge in [0.2, 0.25) is 0 Å². The molecule has 3 N–H and O–H groups in total. The highest BCUT2D eigenvalue weighted by Crippen LogP contribution is 2.28. The van der Waals surface area contributed by atoms with Gasteiger partial charge < -0.3 is 15.6 Å². The summed E-state index contributed by atoms with van der Waals surface area (Å²) in [6.45, 7) is 0.587. The number of aliphatic hydroxyl groups is 1. The predicted molar refractivity (Wildman–Crippen MR) is 90.4 cm³/mol. The van der Waals surface area contributed by atoms with E-state index >= 15 is 0 Å². The molecule has 0 saturated carbocycles. The number of anilines is 1. The van der Waals surface area contributed by atoms with Gasteiger partial charge in [-0.05, 0) is 47.3 Å². The molecule has 1 aliphatic rings. The van der Waals surface area contributed by atoms with E-state index in [-0.39, 0.29) is 13.2 Å². The number of aliphatic imine (C=N–C) groups is 1. The molecule has 0 fully saturated rings. The standard InChI is InChI=1S/C16H21BrN2O3/c17-13-10-11(16(21)22-8-7-20)9-12(15(13)18)14-5-3-1-2-4-6-19-14/h9-10,20H,1-8,18H2. The van der Waals surface area contributed by atoms with Crippen LogP contribution in [0.25, 0.3) is 0 Å². The Morgan fingerprint density at radius 1 is 1.32 bits per heavy atom. The summed E-state index contributed by atoms with van der Waals surface area (Å²) in [7, 11) is 0. The van der Waals surface area contributed by atoms with Crippen LogP contribution in [0.4, 0.5) is 5.69 Å². The van der Waals surface area contributed by atoms with Gasteiger partial charge in [0.1, 0.15) is 6.61 Å². The summed E-state index contributed by atoms with van der Waals surface area (Å²) >= 11 is 3.40. The molecule has 0 amide bonds. The molecule has 0 aliphatic carbocycles. The second kappa shape index (κ2) is 8.29. The number of aliphatic hydroxyl groups excluding tert-OH is 1. The Labute approximate surface area is 138 Å². The van der Waals surface area contributed by atoms with Gasteiger partial charge in [-0.1, -0.05) is 12.8 Å². The van der Waals surface area contributed by atoms with Crippen molar-refractivity contribution in [2.24, 2.45) is 4.99 Å². The number of halogens is 1. The fraction of sp³-hybridized carbons (Fsp3) is 0.500. The molecule has 6 heteroatoms. The van der Waals surface area contributed by atoms with Gasteiger partial charge in [-0.25, -0.2) is 4.79 Å². The second-order valence-electron chi connectivity index (χ2n) is 5.27. The van der Waals surface area contributed by atoms with Crippen molar-refractivity contribution in [2.75, 3.05) is 25.5 Å². The van der Waals surface area contributed by atoms with Gasteiger partial charge in [0.25, 0.3) is 0 Å². The summed E-state index contributed by atoms with van der Waals surface area (Å²) in [4.78, 5) is 16.6. The number of hydrogen-bond donors (Lipinski definition) is 2. The second-order valence-corrected chi connectivity index (χ2v) is 6.13. The third kappa shape index (κ3) is 4.30. The van der Waals surface area contributed by atoms with Crippen molar-refractivity contribution in [1.29, 1.82) is 0 Å². The maximum absolute atomic E-state index is 12.0. The first-order valence-electron chi connectivity index (χ1n) is 7.54. The van der Waals surface area contributed by atoms with E-state index in [0.717, 1.165) is 37.1 Å². The molecule has 2 rings (SSSR count). The Balaban J connectivity index is 2.33. The highest BCUT2D eigenvalue weighted by molar-refractivity contribution is 9.10. The molecule has 0 radical (unpaired) electrons. The first-order valence-corrected chi connectivity index (χ1v) is 8.33. The van der Waals surface area contributed by atoms with Crippen molar-refractivity contribution in [3.8, 4) is 0 Å². The normalized spacial score (nSPS) is 15.6. The van der Waals surface area contributed by atoms with Crippen molar-refractivity contribution in [3.05, 3.63) is 27.7 Å². The van der Waals surface area contributed by atoms with E-state index in [0.29, 0.717) is 15.7 Å². The summed E-state index contributed by atoms with van der Waals surface area (Å²) in [6, 6.07) is 3.38. The molecule has 0 bridgehead atoms. The van der Waals surface area contributed by atoms with E-state index < -0.39 is 5.97 Å². The third-order valence-corrected chi connectivity index (χ3v) is 4.28. The topological polar surface area (TPSA) is 84.9 Å². The van der Waals surface area contributed by atoms with Crippen LogP contribution < -0.4 is 5.73 Å². The molecular formula is C16H21BrN2O3. The number of hydrogen-bond acceptors (Lipinski definition) is 5. The molecule has 120 valence electrons. The highest BCUT2D eigenvalue weighted by Gasteiger charge is 2.17. The van der Waals surface area contributed by atoms with Gasteiger partial charge in [0, 0.05) is 22.3 Å². The highest BCUT2D eigenvalue weighted by atomic mass is 79.9. The molecule has 0 unspecified atom stereocenters. The quantitative estimate of drug-likeness (QED) is 0.631. The van der Waals surface area contributed by atoms with E-state index in [9.17, 15) is 4.79 Å². The maximum Gasteiger partial charge on any atom is 0.338 e. The maximum atomic E-state index is 12.0. The molecule has 0 aromatic heterocycles. The summed E-state index contributed by atoms with van der Waals surface area (Å²) in [5.41, 5.74) is 8.91. The van der Waals surface area contributed by atoms with Crippen LogP contribution >= 0.6 is 15.9 Å². The Morgan fingerprint density at radius 2 is 2.09 bits per heavy atom. The van der Waals surface area contributed by atoms with E-state index in [2.05, 4.69) is 20.9 Å². The lowest BCUT2D eigenvalue weighted by molar-refractivity contribution is 0.0433. The fourth-order valence-corrected chi connectivity index (χ4v) is 2.93. The molecule has 1 aromatic carbocycles. The lowest BCUT2D eigenvalue weighted by Crippen LogP contribution is -2.13. The third-order valence-electron chi connectivity index (χ3n) is 3.62. The zero-order chi connectivity index (χ0) is 15.9. The van der Waals surface area contributed by atoms with Crippen molar-refractivity contribution in [1.82, 2.24) is 0 Å². The summed E-state index contributed by atoms with van der Waals surface area (Å²) in [5.74, 6) is -0.470. The summed E-state index contributed by atoms with van der Waals surface area (Å²) < 4.78 is 5.63. The van der Waals surface area contributed by atoms with Crippen LogP contribution in [0.2, 0.25) is 0 Å². The van der Waals surface area contributed by atoms with Crippen molar-refractivity contribution in [3.63, 3.8) is 0 Å². The smallest absolute Gasteiger partial charge is 0.338 e. The Bertz CT molecular complexity index is 573. The molecule has 1 aliphatic heterocycles. The Morgan fingerprint density at radius 3 is 2.86 bits per heavy atom. The molecule has 0 spiro atoms. The minimum atomic E-state index is -0.470. The molecule has 0 atom stereocenters. The minimum absolute atomic E-state index is 0.0168. The molecule has 22 heavy (non-hydrogen) atoms. The van der Waals surface area contributed by atoms with Gasteiger partial charge >= 0.3 is 5.97 Å². The number of ether oxygens (including phenoxy) is 1. The Kier molecular flexibility index (Phi) is 6.39. The van der Waals surface area contributed by atoms with Crippen LogP contribution in [-0.2, 0) is 4.74 Å². The number of carbonyl (C=O) groups is 1. The number of esters is 1. The number of rotatable bonds is 4. The van der Waals surface area contributed by atoms with E-state index in [1.807, 2.05) is 0 Å². The average molecular weight is 369 g/mol. The number of carbonyl (C=O) groups excluding carboxylic acids is 1. The molecule has 0 saturated heterocycles. The van der Waals surface area contributed by atoms with E-state index in [1.165, 1.54) is 12.8 Å². The van der Waals surface area contributed by atoms with Crippen LogP contribution in [0, 0.1) is 0 Å². The summed E-state index contributed by atoms with van der Waals surface area (Å²) in [6.07, 6.45) is 5.44. The van der Waals surface area contributed by atoms with Crippen LogP contribution in [-0.4, -0.2) is 36.5 Å². The number of nitrogens with zero attached hydrogens (tertiary/aromatic N) is 1. The lowest BCUT2D eigenvalue weighted by atomic mass is 9.98. The van der Waals surface area contributed by atoms with Crippen molar-refractivity contribution in [2.45, 2.75) is 32.1 Å². The monoisotopic (exact) mass is 368 g/mol. The molecule has 5 nitrogen and oxygen atoms in total. The number of benzene rings is 1. The zero-order valence-corrected chi connectivity index (χ0v) is 14.1. The first kappa shape index (κ1) is 17.0. The Hall–Kier alpha value is -1.40. The summed E-state index contributed by atoms with van der Waals surface area (Å²) in [5, 5.41) is 8.75. The van der Waals surface area contributed by atoms with Crippen molar-refractivity contribution < 1.29 is 14.6 Å². The van der Waals surface area contributed by atoms with Gasteiger partial charge in [-0.15, -0.1) is 0 Å². The fourth-order valence-electron chi connectivity index (χ4n) is 2.47. The predicted octanol–water partition coefficient (Wildman–Crippen LogP) is 2.93. The SMILES string of the molecule is Nc1c(Br)cc(C(=O)OCCO)cc1C1=NCCCCCC1. The average Bonchev–Trinajstić information content (AvgIpc) is 2.47. The minimum Gasteiger partial charge on any atom is -0.460 e. The van der Waals surface area contributed by atoms with Gasteiger partial charge in [-0.2, -0.15) is 0 Å². The first-order chi connectivity index (χ1) is 10.6. The number of nitrogen functional groups attached to an aromatic ring is 1. The number of nitrogens with two attached hydrogens (primary N) is 1. The molecule has 1 aromatic rings. The van der Waals surface area contributed by atoms with E-state index in [4.69, 9.17) is 15.6 Å². The largest absolute Gasteiger partial charge is 0.460 e.